The summed E-state index contributed by atoms with van der Waals surface area (Å²) in [4.78, 5) is 117. The molecule has 11 N–H and O–H groups in total. The van der Waals surface area contributed by atoms with Crippen molar-refractivity contribution in [3.8, 4) is 0 Å². The summed E-state index contributed by atoms with van der Waals surface area (Å²) in [6.45, 7) is 10.7. The van der Waals surface area contributed by atoms with Crippen LogP contribution >= 0.6 is 0 Å². The van der Waals surface area contributed by atoms with Crippen LogP contribution in [0, 0.1) is 5.92 Å². The van der Waals surface area contributed by atoms with Crippen LogP contribution in [0.5, 0.6) is 0 Å². The van der Waals surface area contributed by atoms with Crippen LogP contribution in [0.15, 0.2) is 83.5 Å². The standard InChI is InChI=1S/C57H77N13O10/c1-5-26-69(27-6-2)55(77)40-31-38-15-16-39(32-45(38)65-46(58)33-40)52(74)63-43-19-20-47(61-34-43)68-29-23-42(24-30-68)64-57(79)80-35-37-13-17-41(18-14-37)62-53(75)44(11-10-25-60-56(59)78)66-54(76)51(36(3)4)67-48(71)12-8-7-9-28-70-49(72)21-22-50(70)73/h13-22,31-32,34,36,42,44,49,51,72H,5-12,23-30,33,35H2,1-4H3,(H2,58,65)(H,62,75)(H,63,74)(H,64,79)(H,66,76)(H,67,71)(H3,59,60,78). The smallest absolute Gasteiger partial charge is 0.407 e. The number of hydrogen-bond acceptors (Lipinski definition) is 14. The van der Waals surface area contributed by atoms with Crippen LogP contribution in [0.25, 0.3) is 6.08 Å². The number of hydrogen-bond donors (Lipinski definition) is 9. The zero-order valence-corrected chi connectivity index (χ0v) is 46.1. The molecule has 9 amide bonds. The van der Waals surface area contributed by atoms with Gasteiger partial charge in [-0.2, -0.15) is 0 Å². The van der Waals surface area contributed by atoms with Gasteiger partial charge in [-0.3, -0.25) is 28.8 Å². The molecule has 23 nitrogen and oxygen atoms in total. The van der Waals surface area contributed by atoms with E-state index in [1.165, 1.54) is 17.1 Å². The number of fused-ring (bicyclic) bond motifs is 1. The summed E-state index contributed by atoms with van der Waals surface area (Å²) >= 11 is 0. The molecule has 3 unspecified atom stereocenters. The second-order valence-corrected chi connectivity index (χ2v) is 20.4. The third-order valence-corrected chi connectivity index (χ3v) is 13.7. The largest absolute Gasteiger partial charge is 0.445 e. The number of nitrogens with one attached hydrogen (secondary N) is 6. The molecule has 430 valence electrons. The van der Waals surface area contributed by atoms with Crippen LogP contribution in [-0.2, 0) is 35.3 Å². The van der Waals surface area contributed by atoms with E-state index in [2.05, 4.69) is 46.8 Å². The number of nitrogens with two attached hydrogens (primary N) is 2. The molecule has 4 heterocycles. The van der Waals surface area contributed by atoms with Crippen molar-refractivity contribution in [2.24, 2.45) is 22.4 Å². The number of carbonyl (C=O) groups excluding carboxylic acids is 8. The minimum atomic E-state index is -1.04. The van der Waals surface area contributed by atoms with Gasteiger partial charge in [-0.1, -0.05) is 52.3 Å². The maximum atomic E-state index is 13.6. The number of benzene rings is 2. The predicted octanol–water partition coefficient (Wildman–Crippen LogP) is 4.94. The van der Waals surface area contributed by atoms with Gasteiger partial charge in [-0.15, -0.1) is 0 Å². The van der Waals surface area contributed by atoms with Gasteiger partial charge in [0, 0.05) is 86.6 Å². The molecule has 3 atom stereocenters. The summed E-state index contributed by atoms with van der Waals surface area (Å²) in [5.41, 5.74) is 15.2. The van der Waals surface area contributed by atoms with Crippen molar-refractivity contribution in [1.82, 2.24) is 36.1 Å². The molecule has 3 aromatic rings. The van der Waals surface area contributed by atoms with Crippen LogP contribution < -0.4 is 48.3 Å². The number of amidine groups is 1. The minimum Gasteiger partial charge on any atom is -0.445 e. The monoisotopic (exact) mass is 1100 g/mol. The van der Waals surface area contributed by atoms with E-state index in [9.17, 15) is 43.5 Å². The summed E-state index contributed by atoms with van der Waals surface area (Å²) in [6, 6.07) is 12.6. The summed E-state index contributed by atoms with van der Waals surface area (Å²) in [5, 5.41) is 26.6. The molecular weight excluding hydrogens is 1030 g/mol. The molecule has 0 radical (unpaired) electrons. The molecule has 1 fully saturated rings. The number of rotatable bonds is 27. The van der Waals surface area contributed by atoms with E-state index in [0.29, 0.717) is 116 Å². The van der Waals surface area contributed by atoms with Crippen molar-refractivity contribution in [2.75, 3.05) is 54.8 Å². The molecule has 0 aliphatic carbocycles. The predicted molar refractivity (Wildman–Crippen MR) is 304 cm³/mol. The third kappa shape index (κ3) is 18.4. The van der Waals surface area contributed by atoms with Crippen molar-refractivity contribution in [2.45, 2.75) is 129 Å². The average molecular weight is 1100 g/mol. The molecule has 23 heteroatoms. The maximum Gasteiger partial charge on any atom is 0.407 e. The summed E-state index contributed by atoms with van der Waals surface area (Å²) in [7, 11) is 0. The first-order chi connectivity index (χ1) is 38.4. The minimum absolute atomic E-state index is 0.0340. The number of amides is 9. The number of aliphatic hydroxyl groups is 1. The molecule has 80 heavy (non-hydrogen) atoms. The van der Waals surface area contributed by atoms with Gasteiger partial charge >= 0.3 is 12.1 Å². The number of aliphatic imine (C=N–C) groups is 1. The topological polar surface area (TPSA) is 325 Å². The Kier molecular flexibility index (Phi) is 22.9. The second kappa shape index (κ2) is 30.1. The lowest BCUT2D eigenvalue weighted by atomic mass is 10.0. The van der Waals surface area contributed by atoms with E-state index in [0.717, 1.165) is 18.7 Å². The number of aliphatic hydroxyl groups excluding tert-OH is 1. The number of nitrogens with zero attached hydrogens (tertiary/aromatic N) is 5. The van der Waals surface area contributed by atoms with Crippen LogP contribution in [0.1, 0.15) is 120 Å². The SMILES string of the molecule is CCCN(CCC)C(=O)C1=Cc2ccc(C(=O)Nc3ccc(N4CCC(NC(=O)OCc5ccc(NC(=O)C(CCCNC(N)=O)NC(=O)C(NC(=O)CCCCCN6C(=O)C=CC6O)C(C)C)cc5)CC4)nc3)cc2N=C(N)C1. The van der Waals surface area contributed by atoms with Crippen LogP contribution in [0.2, 0.25) is 0 Å². The third-order valence-electron chi connectivity index (χ3n) is 13.7. The fraction of sp³-hybridized carbons (Fsp3) is 0.474. The van der Waals surface area contributed by atoms with E-state index in [4.69, 9.17) is 16.2 Å². The Labute approximate surface area is 466 Å². The number of primary amides is 1. The molecule has 2 aromatic carbocycles. The van der Waals surface area contributed by atoms with Crippen molar-refractivity contribution in [3.63, 3.8) is 0 Å². The van der Waals surface area contributed by atoms with E-state index < -0.39 is 42.3 Å². The van der Waals surface area contributed by atoms with Gasteiger partial charge < -0.3 is 67.9 Å². The fourth-order valence-electron chi connectivity index (χ4n) is 9.42. The fourth-order valence-corrected chi connectivity index (χ4v) is 9.42. The zero-order valence-electron chi connectivity index (χ0n) is 46.1. The lowest BCUT2D eigenvalue weighted by Gasteiger charge is -2.33. The highest BCUT2D eigenvalue weighted by atomic mass is 16.5. The number of alkyl carbamates (subject to hydrolysis) is 1. The molecule has 0 bridgehead atoms. The van der Waals surface area contributed by atoms with Gasteiger partial charge in [-0.05, 0) is 111 Å². The van der Waals surface area contributed by atoms with E-state index in [1.54, 1.807) is 68.6 Å². The lowest BCUT2D eigenvalue weighted by molar-refractivity contribution is -0.132. The number of anilines is 3. The Bertz CT molecular complexity index is 2750. The second-order valence-electron chi connectivity index (χ2n) is 20.4. The Morgan fingerprint density at radius 1 is 0.875 bits per heavy atom. The van der Waals surface area contributed by atoms with E-state index in [-0.39, 0.29) is 68.0 Å². The summed E-state index contributed by atoms with van der Waals surface area (Å²) < 4.78 is 5.53. The Balaban J connectivity index is 0.920. The Morgan fingerprint density at radius 2 is 1.60 bits per heavy atom. The molecule has 3 aliphatic rings. The number of carbonyl (C=O) groups is 8. The molecule has 1 aromatic heterocycles. The normalized spacial score (nSPS) is 15.8. The first-order valence-corrected chi connectivity index (χ1v) is 27.5. The molecule has 3 aliphatic heterocycles. The quantitative estimate of drug-likeness (QED) is 0.0458. The number of ether oxygens (including phenoxy) is 1. The number of urea groups is 1. The summed E-state index contributed by atoms with van der Waals surface area (Å²) in [5.74, 6) is -1.41. The maximum absolute atomic E-state index is 13.6. The Hall–Kier alpha value is -8.34. The highest BCUT2D eigenvalue weighted by molar-refractivity contribution is 6.08. The Morgan fingerprint density at radius 3 is 2.25 bits per heavy atom. The first kappa shape index (κ1) is 60.9. The number of pyridine rings is 1. The first-order valence-electron chi connectivity index (χ1n) is 27.5. The van der Waals surface area contributed by atoms with Gasteiger partial charge in [-0.25, -0.2) is 19.6 Å². The van der Waals surface area contributed by atoms with E-state index in [1.807, 2.05) is 30.9 Å². The molecule has 0 spiro atoms. The summed E-state index contributed by atoms with van der Waals surface area (Å²) in [6.07, 6.45) is 10.1. The molecule has 0 saturated carbocycles. The van der Waals surface area contributed by atoms with Crippen LogP contribution in [0.3, 0.4) is 0 Å². The van der Waals surface area contributed by atoms with E-state index >= 15 is 0 Å². The highest BCUT2D eigenvalue weighted by Crippen LogP contribution is 2.29. The van der Waals surface area contributed by atoms with Crippen molar-refractivity contribution in [3.05, 3.63) is 95.2 Å². The highest BCUT2D eigenvalue weighted by Gasteiger charge is 2.30. The molecular formula is C57H77N13O10. The van der Waals surface area contributed by atoms with Gasteiger partial charge in [0.05, 0.1) is 17.6 Å². The van der Waals surface area contributed by atoms with Crippen LogP contribution in [-0.4, -0.2) is 137 Å². The lowest BCUT2D eigenvalue weighted by Crippen LogP contribution is -2.54. The number of aromatic nitrogens is 1. The van der Waals surface area contributed by atoms with Crippen molar-refractivity contribution >= 4 is 82.4 Å². The molecule has 6 rings (SSSR count). The van der Waals surface area contributed by atoms with Crippen molar-refractivity contribution < 1.29 is 48.2 Å². The zero-order chi connectivity index (χ0) is 57.7. The van der Waals surface area contributed by atoms with Gasteiger partial charge in [0.1, 0.15) is 36.6 Å². The average Bonchev–Trinajstić information content (AvgIpc) is 3.67. The number of unbranched alkanes of at least 4 members (excludes halogenated alkanes) is 2. The van der Waals surface area contributed by atoms with Gasteiger partial charge in [0.25, 0.3) is 5.91 Å². The van der Waals surface area contributed by atoms with Gasteiger partial charge in [0.15, 0.2) is 0 Å². The van der Waals surface area contributed by atoms with Crippen LogP contribution in [0.4, 0.5) is 32.5 Å². The van der Waals surface area contributed by atoms with Gasteiger partial charge in [0.2, 0.25) is 29.5 Å². The van der Waals surface area contributed by atoms with Crippen molar-refractivity contribution in [1.29, 1.82) is 0 Å². The number of piperidine rings is 1. The molecule has 1 saturated heterocycles.